The van der Waals surface area contributed by atoms with Gasteiger partial charge in [0.15, 0.2) is 0 Å². The van der Waals surface area contributed by atoms with Crippen LogP contribution in [0, 0.1) is 5.92 Å². The molecule has 0 bridgehead atoms. The topological polar surface area (TPSA) is 32.3 Å². The van der Waals surface area contributed by atoms with E-state index in [-0.39, 0.29) is 11.9 Å². The number of likely N-dealkylation sites (N-methyl/N-ethyl adjacent to an activating group) is 1. The lowest BCUT2D eigenvalue weighted by atomic mass is 9.95. The molecular weight excluding hydrogens is 236 g/mol. The van der Waals surface area contributed by atoms with Crippen molar-refractivity contribution in [2.45, 2.75) is 39.8 Å². The molecule has 1 aliphatic heterocycles. The Labute approximate surface area is 116 Å². The average Bonchev–Trinajstić information content (AvgIpc) is 2.43. The van der Waals surface area contributed by atoms with Gasteiger partial charge < -0.3 is 10.2 Å². The van der Waals surface area contributed by atoms with E-state index in [0.29, 0.717) is 5.92 Å². The van der Waals surface area contributed by atoms with Crippen molar-refractivity contribution in [3.05, 3.63) is 35.4 Å². The largest absolute Gasteiger partial charge is 0.341 e. The Balaban J connectivity index is 2.05. The van der Waals surface area contributed by atoms with Crippen molar-refractivity contribution in [2.75, 3.05) is 13.1 Å². The van der Waals surface area contributed by atoms with Crippen LogP contribution in [0.4, 0.5) is 0 Å². The maximum atomic E-state index is 12.5. The lowest BCUT2D eigenvalue weighted by molar-refractivity contribution is -0.134. The van der Waals surface area contributed by atoms with E-state index in [4.69, 9.17) is 0 Å². The lowest BCUT2D eigenvalue weighted by Gasteiger charge is -2.31. The van der Waals surface area contributed by atoms with Crippen LogP contribution in [0.15, 0.2) is 24.3 Å². The predicted octanol–water partition coefficient (Wildman–Crippen LogP) is 2.21. The Kier molecular flexibility index (Phi) is 4.59. The normalized spacial score (nSPS) is 18.2. The van der Waals surface area contributed by atoms with Gasteiger partial charge in [-0.2, -0.15) is 0 Å². The van der Waals surface area contributed by atoms with Crippen molar-refractivity contribution < 1.29 is 4.79 Å². The molecule has 0 fully saturated rings. The first-order valence-corrected chi connectivity index (χ1v) is 7.20. The summed E-state index contributed by atoms with van der Waals surface area (Å²) in [5.41, 5.74) is 2.62. The Bertz CT molecular complexity index is 442. The molecule has 0 radical (unpaired) electrons. The average molecular weight is 260 g/mol. The Morgan fingerprint density at radius 1 is 1.37 bits per heavy atom. The standard InChI is InChI=1S/C16H24N2O/c1-4-18(11-12(2)3)16(19)15-9-13-7-5-6-8-14(13)10-17-15/h5-8,12,15,17H,4,9-11H2,1-3H3/t15-/m1/s1. The van der Waals surface area contributed by atoms with Gasteiger partial charge in [-0.3, -0.25) is 4.79 Å². The van der Waals surface area contributed by atoms with Crippen LogP contribution in [0.1, 0.15) is 31.9 Å². The molecule has 3 heteroatoms. The maximum Gasteiger partial charge on any atom is 0.240 e. The minimum Gasteiger partial charge on any atom is -0.341 e. The van der Waals surface area contributed by atoms with Crippen LogP contribution in [-0.2, 0) is 17.8 Å². The van der Waals surface area contributed by atoms with Crippen LogP contribution in [0.5, 0.6) is 0 Å². The van der Waals surface area contributed by atoms with E-state index >= 15 is 0 Å². The van der Waals surface area contributed by atoms with Gasteiger partial charge in [-0.25, -0.2) is 0 Å². The summed E-state index contributed by atoms with van der Waals surface area (Å²) in [6.07, 6.45) is 0.809. The molecule has 2 rings (SSSR count). The number of nitrogens with zero attached hydrogens (tertiary/aromatic N) is 1. The third-order valence-corrected chi connectivity index (χ3v) is 3.66. The van der Waals surface area contributed by atoms with Gasteiger partial charge in [0.1, 0.15) is 0 Å². The zero-order valence-corrected chi connectivity index (χ0v) is 12.1. The van der Waals surface area contributed by atoms with E-state index in [1.165, 1.54) is 11.1 Å². The summed E-state index contributed by atoms with van der Waals surface area (Å²) in [5, 5.41) is 3.37. The fourth-order valence-electron chi connectivity index (χ4n) is 2.67. The number of benzene rings is 1. The summed E-state index contributed by atoms with van der Waals surface area (Å²) in [5.74, 6) is 0.755. The van der Waals surface area contributed by atoms with Crippen molar-refractivity contribution in [1.29, 1.82) is 0 Å². The highest BCUT2D eigenvalue weighted by Crippen LogP contribution is 2.17. The number of rotatable bonds is 4. The number of carbonyl (C=O) groups is 1. The summed E-state index contributed by atoms with van der Waals surface area (Å²) < 4.78 is 0. The van der Waals surface area contributed by atoms with Crippen molar-refractivity contribution in [3.8, 4) is 0 Å². The molecule has 19 heavy (non-hydrogen) atoms. The van der Waals surface area contributed by atoms with Gasteiger partial charge in [-0.05, 0) is 30.4 Å². The summed E-state index contributed by atoms with van der Waals surface area (Å²) in [7, 11) is 0. The van der Waals surface area contributed by atoms with Crippen LogP contribution in [-0.4, -0.2) is 29.9 Å². The molecule has 1 amide bonds. The first-order chi connectivity index (χ1) is 9.11. The minimum absolute atomic E-state index is 0.0615. The molecule has 3 nitrogen and oxygen atoms in total. The van der Waals surface area contributed by atoms with E-state index in [1.54, 1.807) is 0 Å². The number of hydrogen-bond acceptors (Lipinski definition) is 2. The molecule has 1 atom stereocenters. The molecule has 0 saturated carbocycles. The molecule has 1 N–H and O–H groups in total. The number of carbonyl (C=O) groups excluding carboxylic acids is 1. The minimum atomic E-state index is -0.0615. The van der Waals surface area contributed by atoms with Gasteiger partial charge in [-0.15, -0.1) is 0 Å². The second kappa shape index (κ2) is 6.20. The number of amides is 1. The molecule has 1 heterocycles. The van der Waals surface area contributed by atoms with Crippen molar-refractivity contribution >= 4 is 5.91 Å². The van der Waals surface area contributed by atoms with Gasteiger partial charge >= 0.3 is 0 Å². The monoisotopic (exact) mass is 260 g/mol. The first-order valence-electron chi connectivity index (χ1n) is 7.20. The third-order valence-electron chi connectivity index (χ3n) is 3.66. The quantitative estimate of drug-likeness (QED) is 0.900. The second-order valence-electron chi connectivity index (χ2n) is 5.68. The van der Waals surface area contributed by atoms with Crippen LogP contribution < -0.4 is 5.32 Å². The number of fused-ring (bicyclic) bond motifs is 1. The second-order valence-corrected chi connectivity index (χ2v) is 5.68. The van der Waals surface area contributed by atoms with E-state index in [2.05, 4.69) is 50.4 Å². The van der Waals surface area contributed by atoms with E-state index in [9.17, 15) is 4.79 Å². The van der Waals surface area contributed by atoms with Crippen LogP contribution in [0.3, 0.4) is 0 Å². The molecule has 1 aromatic carbocycles. The summed E-state index contributed by atoms with van der Waals surface area (Å²) >= 11 is 0. The molecule has 0 aromatic heterocycles. The molecule has 0 unspecified atom stereocenters. The zero-order valence-electron chi connectivity index (χ0n) is 12.1. The predicted molar refractivity (Wildman–Crippen MR) is 77.9 cm³/mol. The lowest BCUT2D eigenvalue weighted by Crippen LogP contribution is -2.50. The van der Waals surface area contributed by atoms with Crippen LogP contribution in [0.2, 0.25) is 0 Å². The SMILES string of the molecule is CCN(CC(C)C)C(=O)[C@H]1Cc2ccccc2CN1. The van der Waals surface area contributed by atoms with Crippen molar-refractivity contribution in [2.24, 2.45) is 5.92 Å². The van der Waals surface area contributed by atoms with Gasteiger partial charge in [0.05, 0.1) is 6.04 Å². The molecule has 1 aliphatic rings. The molecule has 1 aromatic rings. The molecule has 0 spiro atoms. The molecular formula is C16H24N2O. The summed E-state index contributed by atoms with van der Waals surface area (Å²) in [6.45, 7) is 8.79. The highest BCUT2D eigenvalue weighted by molar-refractivity contribution is 5.82. The zero-order chi connectivity index (χ0) is 13.8. The Morgan fingerprint density at radius 3 is 2.68 bits per heavy atom. The van der Waals surface area contributed by atoms with Gasteiger partial charge in [0.2, 0.25) is 5.91 Å². The van der Waals surface area contributed by atoms with Crippen LogP contribution in [0.25, 0.3) is 0 Å². The smallest absolute Gasteiger partial charge is 0.240 e. The van der Waals surface area contributed by atoms with Gasteiger partial charge in [0, 0.05) is 19.6 Å². The molecule has 104 valence electrons. The third kappa shape index (κ3) is 3.35. The summed E-state index contributed by atoms with van der Waals surface area (Å²) in [6, 6.07) is 8.31. The van der Waals surface area contributed by atoms with Gasteiger partial charge in [-0.1, -0.05) is 38.1 Å². The first kappa shape index (κ1) is 14.1. The molecule has 0 aliphatic carbocycles. The van der Waals surface area contributed by atoms with Gasteiger partial charge in [0.25, 0.3) is 0 Å². The number of nitrogens with one attached hydrogen (secondary N) is 1. The molecule has 0 saturated heterocycles. The van der Waals surface area contributed by atoms with E-state index < -0.39 is 0 Å². The fraction of sp³-hybridized carbons (Fsp3) is 0.562. The van der Waals surface area contributed by atoms with Crippen LogP contribution >= 0.6 is 0 Å². The van der Waals surface area contributed by atoms with E-state index in [1.807, 2.05) is 4.90 Å². The number of hydrogen-bond donors (Lipinski definition) is 1. The highest BCUT2D eigenvalue weighted by Gasteiger charge is 2.27. The van der Waals surface area contributed by atoms with Crippen molar-refractivity contribution in [3.63, 3.8) is 0 Å². The highest BCUT2D eigenvalue weighted by atomic mass is 16.2. The Hall–Kier alpha value is -1.35. The Morgan fingerprint density at radius 2 is 2.05 bits per heavy atom. The van der Waals surface area contributed by atoms with Crippen molar-refractivity contribution in [1.82, 2.24) is 10.2 Å². The van der Waals surface area contributed by atoms with E-state index in [0.717, 1.165) is 26.1 Å². The summed E-state index contributed by atoms with van der Waals surface area (Å²) in [4.78, 5) is 14.5. The fourth-order valence-corrected chi connectivity index (χ4v) is 2.67. The maximum absolute atomic E-state index is 12.5.